The first-order valence-electron chi connectivity index (χ1n) is 3.53. The number of carbonyl (C=O) groups is 1. The Morgan fingerprint density at radius 1 is 1.50 bits per heavy atom. The van der Waals surface area contributed by atoms with Gasteiger partial charge in [-0.25, -0.2) is 4.79 Å². The fourth-order valence-electron chi connectivity index (χ4n) is 1.07. The molecule has 0 aliphatic carbocycles. The molecule has 0 radical (unpaired) electrons. The first-order valence-corrected chi connectivity index (χ1v) is 4.76. The van der Waals surface area contributed by atoms with E-state index in [0.29, 0.717) is 5.56 Å². The van der Waals surface area contributed by atoms with Crippen molar-refractivity contribution in [1.29, 1.82) is 0 Å². The summed E-state index contributed by atoms with van der Waals surface area (Å²) in [6.45, 7) is 1.83. The molecule has 1 N–H and O–H groups in total. The molecule has 0 atom stereocenters. The van der Waals surface area contributed by atoms with Gasteiger partial charge in [-0.2, -0.15) is 0 Å². The topological polar surface area (TPSA) is 37.3 Å². The third-order valence-corrected chi connectivity index (χ3v) is 2.62. The van der Waals surface area contributed by atoms with E-state index in [2.05, 4.69) is 0 Å². The number of rotatable bonds is 2. The minimum atomic E-state index is -0.858. The van der Waals surface area contributed by atoms with E-state index < -0.39 is 5.97 Å². The van der Waals surface area contributed by atoms with Gasteiger partial charge in [-0.15, -0.1) is 11.8 Å². The summed E-state index contributed by atoms with van der Waals surface area (Å²) < 4.78 is 0. The van der Waals surface area contributed by atoms with E-state index in [0.717, 1.165) is 10.5 Å². The standard InChI is InChI=1S/C9H10O2S/c1-6-7(9(10)11)4-3-5-8(6)12-2/h3-5H,1-2H3,(H,10,11). The summed E-state index contributed by atoms with van der Waals surface area (Å²) in [5, 5.41) is 8.78. The lowest BCUT2D eigenvalue weighted by atomic mass is 10.1. The van der Waals surface area contributed by atoms with E-state index in [9.17, 15) is 4.79 Å². The summed E-state index contributed by atoms with van der Waals surface area (Å²) in [5.41, 5.74) is 1.24. The Morgan fingerprint density at radius 3 is 2.67 bits per heavy atom. The van der Waals surface area contributed by atoms with Gasteiger partial charge < -0.3 is 5.11 Å². The fraction of sp³-hybridized carbons (Fsp3) is 0.222. The summed E-state index contributed by atoms with van der Waals surface area (Å²) in [4.78, 5) is 11.7. The van der Waals surface area contributed by atoms with Gasteiger partial charge in [0.1, 0.15) is 0 Å². The third kappa shape index (κ3) is 1.61. The molecule has 12 heavy (non-hydrogen) atoms. The molecule has 0 unspecified atom stereocenters. The van der Waals surface area contributed by atoms with Crippen molar-refractivity contribution in [2.45, 2.75) is 11.8 Å². The first kappa shape index (κ1) is 9.13. The molecule has 0 aromatic heterocycles. The summed E-state index contributed by atoms with van der Waals surface area (Å²) >= 11 is 1.56. The second kappa shape index (κ2) is 3.63. The molecule has 0 saturated heterocycles. The van der Waals surface area contributed by atoms with Crippen LogP contribution in [0.25, 0.3) is 0 Å². The van der Waals surface area contributed by atoms with Gasteiger partial charge in [0.05, 0.1) is 5.56 Å². The Bertz CT molecular complexity index is 307. The predicted octanol–water partition coefficient (Wildman–Crippen LogP) is 2.42. The van der Waals surface area contributed by atoms with Gasteiger partial charge >= 0.3 is 5.97 Å². The second-order valence-corrected chi connectivity index (χ2v) is 3.29. The van der Waals surface area contributed by atoms with Crippen LogP contribution in [0.3, 0.4) is 0 Å². The highest BCUT2D eigenvalue weighted by Gasteiger charge is 2.08. The molecule has 64 valence electrons. The van der Waals surface area contributed by atoms with Crippen LogP contribution in [0.5, 0.6) is 0 Å². The summed E-state index contributed by atoms with van der Waals surface area (Å²) in [6, 6.07) is 5.31. The van der Waals surface area contributed by atoms with Crippen molar-refractivity contribution in [2.24, 2.45) is 0 Å². The van der Waals surface area contributed by atoms with Gasteiger partial charge in [0, 0.05) is 4.90 Å². The van der Waals surface area contributed by atoms with E-state index >= 15 is 0 Å². The largest absolute Gasteiger partial charge is 0.478 e. The Labute approximate surface area is 75.6 Å². The zero-order valence-corrected chi connectivity index (χ0v) is 7.81. The first-order chi connectivity index (χ1) is 5.66. The number of thioether (sulfide) groups is 1. The van der Waals surface area contributed by atoms with E-state index in [-0.39, 0.29) is 0 Å². The summed E-state index contributed by atoms with van der Waals surface area (Å²) in [6.07, 6.45) is 1.94. The van der Waals surface area contributed by atoms with E-state index in [1.807, 2.05) is 19.2 Å². The van der Waals surface area contributed by atoms with E-state index in [1.165, 1.54) is 0 Å². The highest BCUT2D eigenvalue weighted by Crippen LogP contribution is 2.22. The van der Waals surface area contributed by atoms with E-state index in [1.54, 1.807) is 23.9 Å². The van der Waals surface area contributed by atoms with Crippen molar-refractivity contribution >= 4 is 17.7 Å². The maximum atomic E-state index is 10.7. The predicted molar refractivity (Wildman–Crippen MR) is 49.9 cm³/mol. The van der Waals surface area contributed by atoms with Crippen LogP contribution in [0, 0.1) is 6.92 Å². The molecular weight excluding hydrogens is 172 g/mol. The van der Waals surface area contributed by atoms with Crippen molar-refractivity contribution in [2.75, 3.05) is 6.26 Å². The molecule has 0 saturated carbocycles. The molecule has 1 aromatic carbocycles. The zero-order chi connectivity index (χ0) is 9.14. The quantitative estimate of drug-likeness (QED) is 0.714. The molecule has 0 heterocycles. The van der Waals surface area contributed by atoms with Crippen molar-refractivity contribution in [1.82, 2.24) is 0 Å². The number of hydrogen-bond donors (Lipinski definition) is 1. The zero-order valence-electron chi connectivity index (χ0n) is 7.00. The van der Waals surface area contributed by atoms with Crippen LogP contribution in [0.4, 0.5) is 0 Å². The van der Waals surface area contributed by atoms with Gasteiger partial charge in [0.2, 0.25) is 0 Å². The summed E-state index contributed by atoms with van der Waals surface area (Å²) in [7, 11) is 0. The molecule has 0 bridgehead atoms. The number of hydrogen-bond acceptors (Lipinski definition) is 2. The lowest BCUT2D eigenvalue weighted by molar-refractivity contribution is 0.0696. The van der Waals surface area contributed by atoms with Gasteiger partial charge in [-0.1, -0.05) is 6.07 Å². The summed E-state index contributed by atoms with van der Waals surface area (Å²) in [5.74, 6) is -0.858. The Kier molecular flexibility index (Phi) is 2.76. The van der Waals surface area contributed by atoms with Crippen LogP contribution in [0.2, 0.25) is 0 Å². The highest BCUT2D eigenvalue weighted by atomic mass is 32.2. The molecule has 1 rings (SSSR count). The lowest BCUT2D eigenvalue weighted by Crippen LogP contribution is -1.99. The van der Waals surface area contributed by atoms with Crippen LogP contribution < -0.4 is 0 Å². The van der Waals surface area contributed by atoms with Crippen LogP contribution >= 0.6 is 11.8 Å². The van der Waals surface area contributed by atoms with Crippen molar-refractivity contribution in [3.8, 4) is 0 Å². The average Bonchev–Trinajstić information content (AvgIpc) is 2.04. The Hall–Kier alpha value is -0.960. The molecule has 0 aliphatic rings. The number of carboxylic acid groups (broad SMARTS) is 1. The maximum Gasteiger partial charge on any atom is 0.335 e. The molecular formula is C9H10O2S. The molecule has 3 heteroatoms. The third-order valence-electron chi connectivity index (χ3n) is 1.73. The van der Waals surface area contributed by atoms with Crippen molar-refractivity contribution < 1.29 is 9.90 Å². The van der Waals surface area contributed by atoms with Crippen LogP contribution in [0.15, 0.2) is 23.1 Å². The minimum Gasteiger partial charge on any atom is -0.478 e. The normalized spacial score (nSPS) is 9.83. The van der Waals surface area contributed by atoms with Crippen molar-refractivity contribution in [3.05, 3.63) is 29.3 Å². The smallest absolute Gasteiger partial charge is 0.335 e. The molecule has 0 aliphatic heterocycles. The number of aromatic carboxylic acids is 1. The van der Waals surface area contributed by atoms with Gasteiger partial charge in [-0.05, 0) is 30.9 Å². The van der Waals surface area contributed by atoms with Crippen LogP contribution in [-0.2, 0) is 0 Å². The molecule has 0 spiro atoms. The second-order valence-electron chi connectivity index (χ2n) is 2.44. The lowest BCUT2D eigenvalue weighted by Gasteiger charge is -2.04. The molecule has 0 fully saturated rings. The van der Waals surface area contributed by atoms with Crippen LogP contribution in [-0.4, -0.2) is 17.3 Å². The van der Waals surface area contributed by atoms with Gasteiger partial charge in [0.15, 0.2) is 0 Å². The monoisotopic (exact) mass is 182 g/mol. The Balaban J connectivity index is 3.23. The van der Waals surface area contributed by atoms with Crippen molar-refractivity contribution in [3.63, 3.8) is 0 Å². The van der Waals surface area contributed by atoms with Gasteiger partial charge in [0.25, 0.3) is 0 Å². The number of carboxylic acids is 1. The molecule has 2 nitrogen and oxygen atoms in total. The Morgan fingerprint density at radius 2 is 2.17 bits per heavy atom. The average molecular weight is 182 g/mol. The van der Waals surface area contributed by atoms with Gasteiger partial charge in [-0.3, -0.25) is 0 Å². The number of benzene rings is 1. The van der Waals surface area contributed by atoms with E-state index in [4.69, 9.17) is 5.11 Å². The maximum absolute atomic E-state index is 10.7. The molecule has 0 amide bonds. The SMILES string of the molecule is CSc1cccc(C(=O)O)c1C. The van der Waals surface area contributed by atoms with Crippen LogP contribution in [0.1, 0.15) is 15.9 Å². The fourth-order valence-corrected chi connectivity index (χ4v) is 1.70. The minimum absolute atomic E-state index is 0.391. The molecule has 1 aromatic rings. The highest BCUT2D eigenvalue weighted by molar-refractivity contribution is 7.98.